The summed E-state index contributed by atoms with van der Waals surface area (Å²) >= 11 is 0. The van der Waals surface area contributed by atoms with Gasteiger partial charge in [-0.2, -0.15) is 0 Å². The van der Waals surface area contributed by atoms with Crippen molar-refractivity contribution >= 4 is 11.9 Å². The van der Waals surface area contributed by atoms with Gasteiger partial charge in [0, 0.05) is 6.42 Å². The summed E-state index contributed by atoms with van der Waals surface area (Å²) in [6, 6.07) is -0.713. The van der Waals surface area contributed by atoms with Crippen LogP contribution in [0.4, 0.5) is 0 Å². The van der Waals surface area contributed by atoms with Gasteiger partial charge in [0.1, 0.15) is 6.10 Å². The van der Waals surface area contributed by atoms with Gasteiger partial charge in [0.05, 0.1) is 25.2 Å². The van der Waals surface area contributed by atoms with Crippen molar-refractivity contribution in [1.82, 2.24) is 5.32 Å². The zero-order valence-electron chi connectivity index (χ0n) is 39.1. The number of aliphatic hydroxyl groups excluding tert-OH is 2. The topological polar surface area (TPSA) is 95.9 Å². The Labute approximate surface area is 366 Å². The van der Waals surface area contributed by atoms with Gasteiger partial charge in [0.25, 0.3) is 0 Å². The van der Waals surface area contributed by atoms with Crippen molar-refractivity contribution in [2.45, 2.75) is 270 Å². The maximum Gasteiger partial charge on any atom is 0.306 e. The van der Waals surface area contributed by atoms with Crippen LogP contribution in [0.5, 0.6) is 0 Å². The molecule has 0 aromatic rings. The zero-order chi connectivity index (χ0) is 43.1. The number of esters is 1. The predicted octanol–water partition coefficient (Wildman–Crippen LogP) is 15.1. The maximum absolute atomic E-state index is 13.2. The van der Waals surface area contributed by atoms with Gasteiger partial charge >= 0.3 is 5.97 Å². The largest absolute Gasteiger partial charge is 0.462 e. The van der Waals surface area contributed by atoms with Gasteiger partial charge in [-0.1, -0.05) is 204 Å². The summed E-state index contributed by atoms with van der Waals surface area (Å²) in [5, 5.41) is 23.7. The number of amides is 1. The molecule has 0 spiro atoms. The van der Waals surface area contributed by atoms with Gasteiger partial charge in [0.15, 0.2) is 0 Å². The normalized spacial score (nSPS) is 13.6. The third-order valence-corrected chi connectivity index (χ3v) is 11.4. The molecule has 0 saturated carbocycles. The lowest BCUT2D eigenvalue weighted by atomic mass is 10.0. The summed E-state index contributed by atoms with van der Waals surface area (Å²) < 4.78 is 5.90. The highest BCUT2D eigenvalue weighted by Gasteiger charge is 2.24. The minimum atomic E-state index is -0.797. The Bertz CT molecular complexity index is 1020. The van der Waals surface area contributed by atoms with E-state index in [1.165, 1.54) is 122 Å². The summed E-state index contributed by atoms with van der Waals surface area (Å²) in [5.74, 6) is -0.526. The fraction of sp³-hybridized carbons (Fsp3) is 0.811. The Balaban J connectivity index is 4.60. The second kappa shape index (κ2) is 46.9. The van der Waals surface area contributed by atoms with Crippen molar-refractivity contribution in [3.63, 3.8) is 0 Å². The molecule has 3 atom stereocenters. The number of rotatable bonds is 45. The SMILES string of the molecule is CCCCC/C=C\C/C=C\C/C=C\CCCCCCC(=O)OC(CCC/C=C\CCCCCCCC)CC(=O)NC(CO)C(O)CCCCCCCCCCCCCC. The van der Waals surface area contributed by atoms with E-state index < -0.39 is 18.2 Å². The quantitative estimate of drug-likeness (QED) is 0.0323. The van der Waals surface area contributed by atoms with Crippen LogP contribution in [-0.2, 0) is 14.3 Å². The fourth-order valence-corrected chi connectivity index (χ4v) is 7.50. The molecular weight excluding hydrogens is 731 g/mol. The molecule has 6 nitrogen and oxygen atoms in total. The fourth-order valence-electron chi connectivity index (χ4n) is 7.50. The number of carbonyl (C=O) groups is 2. The Hall–Kier alpha value is -2.18. The van der Waals surface area contributed by atoms with Crippen molar-refractivity contribution in [2.75, 3.05) is 6.61 Å². The summed E-state index contributed by atoms with van der Waals surface area (Å²) in [7, 11) is 0. The molecule has 3 unspecified atom stereocenters. The molecule has 3 N–H and O–H groups in total. The average Bonchev–Trinajstić information content (AvgIpc) is 3.23. The molecule has 0 bridgehead atoms. The van der Waals surface area contributed by atoms with E-state index in [2.05, 4.69) is 74.7 Å². The molecule has 0 aromatic carbocycles. The van der Waals surface area contributed by atoms with E-state index in [0.717, 1.165) is 83.5 Å². The van der Waals surface area contributed by atoms with E-state index in [9.17, 15) is 19.8 Å². The molecule has 0 radical (unpaired) electrons. The number of hydrogen-bond acceptors (Lipinski definition) is 5. The van der Waals surface area contributed by atoms with Crippen LogP contribution < -0.4 is 5.32 Å². The number of carbonyl (C=O) groups excluding carboxylic acids is 2. The second-order valence-corrected chi connectivity index (χ2v) is 17.2. The Morgan fingerprint density at radius 3 is 1.39 bits per heavy atom. The highest BCUT2D eigenvalue weighted by atomic mass is 16.5. The molecule has 59 heavy (non-hydrogen) atoms. The van der Waals surface area contributed by atoms with Crippen LogP contribution in [0.2, 0.25) is 0 Å². The van der Waals surface area contributed by atoms with E-state index in [1.54, 1.807) is 0 Å². The molecule has 0 saturated heterocycles. The minimum absolute atomic E-state index is 0.0479. The Kier molecular flexibility index (Phi) is 45.1. The number of aliphatic hydroxyl groups is 2. The van der Waals surface area contributed by atoms with Crippen LogP contribution in [0.3, 0.4) is 0 Å². The average molecular weight is 828 g/mol. The van der Waals surface area contributed by atoms with Crippen LogP contribution in [0.15, 0.2) is 48.6 Å². The Morgan fingerprint density at radius 1 is 0.492 bits per heavy atom. The molecule has 0 aliphatic rings. The minimum Gasteiger partial charge on any atom is -0.462 e. The number of ether oxygens (including phenoxy) is 1. The number of allylic oxidation sites excluding steroid dienone is 8. The summed E-state index contributed by atoms with van der Waals surface area (Å²) in [4.78, 5) is 26.1. The third kappa shape index (κ3) is 42.3. The van der Waals surface area contributed by atoms with Crippen LogP contribution in [0, 0.1) is 0 Å². The lowest BCUT2D eigenvalue weighted by molar-refractivity contribution is -0.151. The monoisotopic (exact) mass is 828 g/mol. The van der Waals surface area contributed by atoms with Crippen molar-refractivity contribution in [3.8, 4) is 0 Å². The Morgan fingerprint density at radius 2 is 0.881 bits per heavy atom. The van der Waals surface area contributed by atoms with Crippen LogP contribution in [-0.4, -0.2) is 46.9 Å². The van der Waals surface area contributed by atoms with Crippen molar-refractivity contribution in [3.05, 3.63) is 48.6 Å². The van der Waals surface area contributed by atoms with Gasteiger partial charge in [-0.25, -0.2) is 0 Å². The zero-order valence-corrected chi connectivity index (χ0v) is 39.1. The standard InChI is InChI=1S/C53H97NO5/c1-4-7-10-13-16-19-22-24-25-26-27-28-31-34-37-40-43-46-53(58)59-49(44-41-38-35-32-29-21-18-15-12-9-6-3)47-52(57)54-50(48-55)51(56)45-42-39-36-33-30-23-20-17-14-11-8-5-2/h16,19,24-25,27-28,32,35,49-51,55-56H,4-15,17-18,20-23,26,29-31,33-34,36-48H2,1-3H3,(H,54,57)/b19-16-,25-24-,28-27-,35-32-. The summed E-state index contributed by atoms with van der Waals surface area (Å²) in [5.41, 5.74) is 0. The van der Waals surface area contributed by atoms with Crippen LogP contribution in [0.25, 0.3) is 0 Å². The highest BCUT2D eigenvalue weighted by molar-refractivity contribution is 5.77. The molecule has 1 amide bonds. The molecule has 0 fully saturated rings. The molecule has 344 valence electrons. The van der Waals surface area contributed by atoms with E-state index >= 15 is 0 Å². The first-order chi connectivity index (χ1) is 29.0. The van der Waals surface area contributed by atoms with E-state index in [1.807, 2.05) is 0 Å². The van der Waals surface area contributed by atoms with E-state index in [-0.39, 0.29) is 24.9 Å². The van der Waals surface area contributed by atoms with Gasteiger partial charge in [0.2, 0.25) is 5.91 Å². The smallest absolute Gasteiger partial charge is 0.306 e. The molecular formula is C53H97NO5. The molecule has 0 rings (SSSR count). The molecule has 0 aliphatic carbocycles. The van der Waals surface area contributed by atoms with Crippen molar-refractivity contribution < 1.29 is 24.5 Å². The number of hydrogen-bond donors (Lipinski definition) is 3. The molecule has 6 heteroatoms. The second-order valence-electron chi connectivity index (χ2n) is 17.2. The highest BCUT2D eigenvalue weighted by Crippen LogP contribution is 2.17. The van der Waals surface area contributed by atoms with Crippen LogP contribution in [0.1, 0.15) is 252 Å². The molecule has 0 aromatic heterocycles. The van der Waals surface area contributed by atoms with E-state index in [4.69, 9.17) is 4.74 Å². The van der Waals surface area contributed by atoms with Crippen LogP contribution >= 0.6 is 0 Å². The van der Waals surface area contributed by atoms with Crippen molar-refractivity contribution in [1.29, 1.82) is 0 Å². The van der Waals surface area contributed by atoms with Gasteiger partial charge in [-0.15, -0.1) is 0 Å². The summed E-state index contributed by atoms with van der Waals surface area (Å²) in [6.07, 6.45) is 56.0. The van der Waals surface area contributed by atoms with Gasteiger partial charge in [-0.05, 0) is 83.5 Å². The molecule has 0 heterocycles. The number of nitrogens with one attached hydrogen (secondary N) is 1. The first-order valence-electron chi connectivity index (χ1n) is 25.4. The van der Waals surface area contributed by atoms with E-state index in [0.29, 0.717) is 19.3 Å². The first-order valence-corrected chi connectivity index (χ1v) is 25.4. The lowest BCUT2D eigenvalue weighted by Gasteiger charge is -2.24. The maximum atomic E-state index is 13.2. The molecule has 0 aliphatic heterocycles. The first kappa shape index (κ1) is 56.8. The summed E-state index contributed by atoms with van der Waals surface area (Å²) in [6.45, 7) is 6.43. The predicted molar refractivity (Wildman–Crippen MR) is 255 cm³/mol. The number of unbranched alkanes of at least 4 members (excludes halogenated alkanes) is 25. The van der Waals surface area contributed by atoms with Crippen molar-refractivity contribution in [2.24, 2.45) is 0 Å². The van der Waals surface area contributed by atoms with Gasteiger partial charge in [-0.3, -0.25) is 9.59 Å². The lowest BCUT2D eigenvalue weighted by Crippen LogP contribution is -2.46. The third-order valence-electron chi connectivity index (χ3n) is 11.4. The van der Waals surface area contributed by atoms with Gasteiger partial charge < -0.3 is 20.3 Å².